The Kier molecular flexibility index (Phi) is 7.09. The van der Waals surface area contributed by atoms with Crippen molar-refractivity contribution in [3.8, 4) is 5.69 Å². The van der Waals surface area contributed by atoms with Gasteiger partial charge in [-0.2, -0.15) is 9.78 Å². The molecule has 1 aliphatic rings. The normalized spacial score (nSPS) is 14.9. The lowest BCUT2D eigenvalue weighted by Gasteiger charge is -2.38. The van der Waals surface area contributed by atoms with Crippen molar-refractivity contribution in [3.63, 3.8) is 0 Å². The molecule has 0 bridgehead atoms. The predicted octanol–water partition coefficient (Wildman–Crippen LogP) is 3.49. The molecule has 0 spiro atoms. The van der Waals surface area contributed by atoms with Crippen molar-refractivity contribution >= 4 is 39.8 Å². The Morgan fingerprint density at radius 3 is 2.67 bits per heavy atom. The molecule has 3 heterocycles. The number of benzene rings is 3. The number of halogens is 2. The van der Waals surface area contributed by atoms with E-state index < -0.39 is 6.04 Å². The molecule has 1 aliphatic heterocycles. The smallest absolute Gasteiger partial charge is 0.244 e. The number of anilines is 2. The van der Waals surface area contributed by atoms with Gasteiger partial charge in [0.25, 0.3) is 0 Å². The van der Waals surface area contributed by atoms with Crippen LogP contribution in [0.2, 0.25) is 5.02 Å². The monoisotopic (exact) mass is 563 g/mol. The number of aromatic nitrogens is 6. The molecule has 6 rings (SSSR count). The fourth-order valence-electron chi connectivity index (χ4n) is 4.43. The van der Waals surface area contributed by atoms with Crippen molar-refractivity contribution in [2.75, 3.05) is 23.8 Å². The molecule has 12 nitrogen and oxygen atoms in total. The molecule has 5 aromatic rings. The van der Waals surface area contributed by atoms with Gasteiger partial charge >= 0.3 is 0 Å². The van der Waals surface area contributed by atoms with Gasteiger partial charge in [0, 0.05) is 29.3 Å². The van der Waals surface area contributed by atoms with E-state index in [1.165, 1.54) is 33.3 Å². The first-order valence-corrected chi connectivity index (χ1v) is 12.6. The summed E-state index contributed by atoms with van der Waals surface area (Å²) in [7, 11) is 1.84. The van der Waals surface area contributed by atoms with Gasteiger partial charge in [-0.1, -0.05) is 23.7 Å². The molecular weight excluding hydrogens is 541 g/mol. The summed E-state index contributed by atoms with van der Waals surface area (Å²) in [6.07, 6.45) is 3.57. The number of rotatable bonds is 7. The summed E-state index contributed by atoms with van der Waals surface area (Å²) in [5, 5.41) is 23.0. The number of carbonyl (C=O) groups excluding carboxylic acids is 1. The van der Waals surface area contributed by atoms with Crippen molar-refractivity contribution < 1.29 is 18.9 Å². The molecule has 0 saturated carbocycles. The molecule has 1 N–H and O–H groups in total. The van der Waals surface area contributed by atoms with E-state index in [0.717, 1.165) is 16.5 Å². The Hall–Kier alpha value is -4.43. The second-order valence-electron chi connectivity index (χ2n) is 9.11. The van der Waals surface area contributed by atoms with E-state index in [1.807, 2.05) is 25.4 Å². The number of hydroxylamine groups is 3. The van der Waals surface area contributed by atoms with Crippen LogP contribution in [0.1, 0.15) is 5.56 Å². The minimum atomic E-state index is -0.796. The Bertz CT molecular complexity index is 1640. The number of nitrogens with one attached hydrogen (secondary N) is 1. The molecule has 40 heavy (non-hydrogen) atoms. The fraction of sp³-hybridized carbons (Fsp3) is 0.192. The molecule has 0 radical (unpaired) electrons. The van der Waals surface area contributed by atoms with E-state index >= 15 is 0 Å². The van der Waals surface area contributed by atoms with Crippen LogP contribution in [-0.2, 0) is 27.9 Å². The van der Waals surface area contributed by atoms with Crippen molar-refractivity contribution in [1.82, 2.24) is 35.1 Å². The molecule has 14 heteroatoms. The molecule has 1 amide bonds. The number of nitrogens with zero attached hydrogens (tertiary/aromatic N) is 8. The zero-order valence-electron chi connectivity index (χ0n) is 21.2. The molecule has 1 atom stereocenters. The first-order valence-electron chi connectivity index (χ1n) is 12.2. The van der Waals surface area contributed by atoms with Crippen LogP contribution in [0.3, 0.4) is 0 Å². The van der Waals surface area contributed by atoms with Gasteiger partial charge in [-0.3, -0.25) is 19.2 Å². The van der Waals surface area contributed by atoms with Crippen LogP contribution in [0.25, 0.3) is 16.6 Å². The van der Waals surface area contributed by atoms with E-state index in [9.17, 15) is 9.18 Å². The summed E-state index contributed by atoms with van der Waals surface area (Å²) < 4.78 is 16.7. The SMILES string of the molecule is Cn1cc2cc(NC(=O)C(Cc3ccc(F)cc3)N3CON(c4cc(Cl)ccc4-n4cnnn4)CO3)ccc2n1. The van der Waals surface area contributed by atoms with Crippen LogP contribution in [0.4, 0.5) is 15.8 Å². The third-order valence-electron chi connectivity index (χ3n) is 6.36. The van der Waals surface area contributed by atoms with E-state index in [2.05, 4.69) is 25.9 Å². The van der Waals surface area contributed by atoms with Gasteiger partial charge in [-0.05, 0) is 70.9 Å². The lowest BCUT2D eigenvalue weighted by atomic mass is 10.0. The number of carbonyl (C=O) groups is 1. The van der Waals surface area contributed by atoms with E-state index in [0.29, 0.717) is 22.1 Å². The van der Waals surface area contributed by atoms with Crippen molar-refractivity contribution in [1.29, 1.82) is 0 Å². The Morgan fingerprint density at radius 2 is 1.93 bits per heavy atom. The van der Waals surface area contributed by atoms with Crippen LogP contribution < -0.4 is 10.4 Å². The molecule has 204 valence electrons. The van der Waals surface area contributed by atoms with Crippen molar-refractivity contribution in [2.45, 2.75) is 12.5 Å². The van der Waals surface area contributed by atoms with Crippen LogP contribution in [0.15, 0.2) is 73.2 Å². The second kappa shape index (κ2) is 11.0. The van der Waals surface area contributed by atoms with Gasteiger partial charge in [0.1, 0.15) is 18.2 Å². The fourth-order valence-corrected chi connectivity index (χ4v) is 4.60. The average molecular weight is 564 g/mol. The number of hydrogen-bond acceptors (Lipinski definition) is 9. The summed E-state index contributed by atoms with van der Waals surface area (Å²) in [5.41, 5.74) is 3.38. The molecular formula is C26H23ClFN9O3. The van der Waals surface area contributed by atoms with Gasteiger partial charge < -0.3 is 5.32 Å². The van der Waals surface area contributed by atoms with Gasteiger partial charge in [0.15, 0.2) is 13.5 Å². The average Bonchev–Trinajstić information content (AvgIpc) is 3.62. The molecule has 1 saturated heterocycles. The highest BCUT2D eigenvalue weighted by Crippen LogP contribution is 2.30. The summed E-state index contributed by atoms with van der Waals surface area (Å²) in [4.78, 5) is 25.6. The topological polar surface area (TPSA) is 115 Å². The number of tetrazole rings is 1. The molecule has 1 fully saturated rings. The van der Waals surface area contributed by atoms with Gasteiger partial charge in [0.2, 0.25) is 5.91 Å². The van der Waals surface area contributed by atoms with Gasteiger partial charge in [0.05, 0.1) is 16.9 Å². The third-order valence-corrected chi connectivity index (χ3v) is 6.60. The summed E-state index contributed by atoms with van der Waals surface area (Å²) in [5.74, 6) is -0.676. The highest BCUT2D eigenvalue weighted by atomic mass is 35.5. The van der Waals surface area contributed by atoms with Crippen molar-refractivity contribution in [2.24, 2.45) is 7.05 Å². The first kappa shape index (κ1) is 25.8. The highest BCUT2D eigenvalue weighted by Gasteiger charge is 2.32. The van der Waals surface area contributed by atoms with Crippen molar-refractivity contribution in [3.05, 3.63) is 89.6 Å². The first-order chi connectivity index (χ1) is 19.4. The van der Waals surface area contributed by atoms with Crippen LogP contribution in [-0.4, -0.2) is 60.5 Å². The third kappa shape index (κ3) is 5.49. The summed E-state index contributed by atoms with van der Waals surface area (Å²) in [6, 6.07) is 15.8. The summed E-state index contributed by atoms with van der Waals surface area (Å²) >= 11 is 6.26. The zero-order chi connectivity index (χ0) is 27.6. The molecule has 1 unspecified atom stereocenters. The number of hydrogen-bond donors (Lipinski definition) is 1. The van der Waals surface area contributed by atoms with E-state index in [-0.39, 0.29) is 31.6 Å². The van der Waals surface area contributed by atoms with E-state index in [1.54, 1.807) is 41.1 Å². The maximum Gasteiger partial charge on any atom is 0.244 e. The lowest BCUT2D eigenvalue weighted by Crippen LogP contribution is -2.52. The maximum absolute atomic E-state index is 13.6. The number of amides is 1. The summed E-state index contributed by atoms with van der Waals surface area (Å²) in [6.45, 7) is -0.132. The molecule has 2 aromatic heterocycles. The van der Waals surface area contributed by atoms with Crippen LogP contribution >= 0.6 is 11.6 Å². The maximum atomic E-state index is 13.6. The Morgan fingerprint density at radius 1 is 1.07 bits per heavy atom. The molecule has 0 aliphatic carbocycles. The highest BCUT2D eigenvalue weighted by molar-refractivity contribution is 6.31. The van der Waals surface area contributed by atoms with Gasteiger partial charge in [-0.15, -0.1) is 10.2 Å². The quantitative estimate of drug-likeness (QED) is 0.318. The van der Waals surface area contributed by atoms with Gasteiger partial charge in [-0.25, -0.2) is 9.45 Å². The lowest BCUT2D eigenvalue weighted by molar-refractivity contribution is -0.279. The Labute approximate surface area is 232 Å². The van der Waals surface area contributed by atoms with Crippen LogP contribution in [0.5, 0.6) is 0 Å². The molecule has 3 aromatic carbocycles. The number of fused-ring (bicyclic) bond motifs is 1. The zero-order valence-corrected chi connectivity index (χ0v) is 21.9. The Balaban J connectivity index is 1.22. The number of aryl methyl sites for hydroxylation is 1. The van der Waals surface area contributed by atoms with E-state index in [4.69, 9.17) is 21.3 Å². The largest absolute Gasteiger partial charge is 0.325 e. The standard InChI is InChI=1S/C26H23ClFN9O3/c1-34-13-18-11-21(7-8-22(18)31-34)30-26(38)25(10-17-2-5-20(28)6-3-17)37-16-39-36(15-40-37)24-12-19(27)4-9-23(24)35-14-29-32-33-35/h2-9,11-14,25H,10,15-16H2,1H3,(H,30,38). The predicted molar refractivity (Wildman–Crippen MR) is 144 cm³/mol. The second-order valence-corrected chi connectivity index (χ2v) is 9.55. The minimum absolute atomic E-state index is 0.0513. The van der Waals surface area contributed by atoms with Crippen LogP contribution in [0, 0.1) is 5.82 Å². The minimum Gasteiger partial charge on any atom is -0.325 e.